The molecule has 1 aromatic carbocycles. The van der Waals surface area contributed by atoms with Crippen LogP contribution < -0.4 is 0 Å². The number of hydrogen-bond donors (Lipinski definition) is 0. The second-order valence-corrected chi connectivity index (χ2v) is 3.80. The van der Waals surface area contributed by atoms with Gasteiger partial charge in [-0.3, -0.25) is 0 Å². The van der Waals surface area contributed by atoms with Crippen molar-refractivity contribution in [2.24, 2.45) is 0 Å². The van der Waals surface area contributed by atoms with E-state index < -0.39 is 0 Å². The minimum atomic E-state index is 1.05. The molecule has 70 valence electrons. The number of hydrogen-bond acceptors (Lipinski definition) is 1. The van der Waals surface area contributed by atoms with Gasteiger partial charge in [0.25, 0.3) is 0 Å². The number of rotatable bonds is 0. The SMILES string of the molecule is c1cnc2c(c1)c1cccc3ccn2c31. The molecule has 0 fully saturated rings. The molecule has 0 aliphatic rings. The number of pyridine rings is 1. The summed E-state index contributed by atoms with van der Waals surface area (Å²) in [5, 5.41) is 3.81. The predicted molar refractivity (Wildman–Crippen MR) is 61.4 cm³/mol. The fraction of sp³-hybridized carbons (Fsp3) is 0. The fourth-order valence-corrected chi connectivity index (χ4v) is 2.39. The number of benzene rings is 1. The van der Waals surface area contributed by atoms with Crippen LogP contribution in [0.1, 0.15) is 0 Å². The Morgan fingerprint density at radius 3 is 2.87 bits per heavy atom. The molecule has 0 amide bonds. The van der Waals surface area contributed by atoms with Gasteiger partial charge in [-0.2, -0.15) is 0 Å². The number of aromatic nitrogens is 2. The van der Waals surface area contributed by atoms with Gasteiger partial charge in [-0.1, -0.05) is 18.2 Å². The van der Waals surface area contributed by atoms with Gasteiger partial charge in [0, 0.05) is 28.6 Å². The molecule has 0 unspecified atom stereocenters. The van der Waals surface area contributed by atoms with E-state index in [9.17, 15) is 0 Å². The van der Waals surface area contributed by atoms with Gasteiger partial charge in [0.2, 0.25) is 0 Å². The Labute approximate surface area is 86.1 Å². The smallest absolute Gasteiger partial charge is 0.145 e. The largest absolute Gasteiger partial charge is 0.300 e. The summed E-state index contributed by atoms with van der Waals surface area (Å²) < 4.78 is 2.17. The number of fused-ring (bicyclic) bond motifs is 3. The van der Waals surface area contributed by atoms with Crippen molar-refractivity contribution in [3.63, 3.8) is 0 Å². The Bertz CT molecular complexity index is 745. The summed E-state index contributed by atoms with van der Waals surface area (Å²) in [6.45, 7) is 0. The molecular formula is C13H8N2. The van der Waals surface area contributed by atoms with E-state index in [4.69, 9.17) is 0 Å². The van der Waals surface area contributed by atoms with Gasteiger partial charge in [-0.25, -0.2) is 4.98 Å². The van der Waals surface area contributed by atoms with Gasteiger partial charge in [0.15, 0.2) is 0 Å². The summed E-state index contributed by atoms with van der Waals surface area (Å²) in [5.41, 5.74) is 2.33. The lowest BCUT2D eigenvalue weighted by Gasteiger charge is -1.89. The standard InChI is InChI=1S/C13H8N2/c1-3-9-6-8-15-12(9)10(4-1)11-5-2-7-14-13(11)15/h1-8H. The van der Waals surface area contributed by atoms with Crippen molar-refractivity contribution >= 4 is 27.3 Å². The second kappa shape index (κ2) is 2.28. The first-order valence-electron chi connectivity index (χ1n) is 5.01. The van der Waals surface area contributed by atoms with Crippen LogP contribution in [-0.4, -0.2) is 9.38 Å². The summed E-state index contributed by atoms with van der Waals surface area (Å²) in [7, 11) is 0. The van der Waals surface area contributed by atoms with E-state index in [1.54, 1.807) is 0 Å². The van der Waals surface area contributed by atoms with Crippen molar-refractivity contribution in [1.29, 1.82) is 0 Å². The van der Waals surface area contributed by atoms with E-state index in [1.807, 2.05) is 12.3 Å². The van der Waals surface area contributed by atoms with Crippen LogP contribution in [0.5, 0.6) is 0 Å². The van der Waals surface area contributed by atoms with E-state index in [0.29, 0.717) is 0 Å². The van der Waals surface area contributed by atoms with Gasteiger partial charge in [0.05, 0.1) is 5.52 Å². The van der Waals surface area contributed by atoms with Gasteiger partial charge in [0.1, 0.15) is 5.65 Å². The van der Waals surface area contributed by atoms with E-state index in [2.05, 4.69) is 45.9 Å². The van der Waals surface area contributed by atoms with Gasteiger partial charge in [-0.05, 0) is 18.2 Å². The molecule has 0 aliphatic carbocycles. The quantitative estimate of drug-likeness (QED) is 0.418. The first-order valence-corrected chi connectivity index (χ1v) is 5.01. The molecule has 0 atom stereocenters. The van der Waals surface area contributed by atoms with Crippen LogP contribution >= 0.6 is 0 Å². The minimum absolute atomic E-state index is 1.05. The molecule has 0 aliphatic heterocycles. The molecule has 0 N–H and O–H groups in total. The first-order chi connectivity index (χ1) is 7.45. The van der Waals surface area contributed by atoms with Crippen LogP contribution in [0.4, 0.5) is 0 Å². The Hall–Kier alpha value is -2.09. The third-order valence-corrected chi connectivity index (χ3v) is 3.02. The monoisotopic (exact) mass is 192 g/mol. The summed E-state index contributed by atoms with van der Waals surface area (Å²) in [6, 6.07) is 12.7. The van der Waals surface area contributed by atoms with Gasteiger partial charge < -0.3 is 4.40 Å². The van der Waals surface area contributed by atoms with E-state index in [-0.39, 0.29) is 0 Å². The zero-order valence-electron chi connectivity index (χ0n) is 8.01. The second-order valence-electron chi connectivity index (χ2n) is 3.80. The van der Waals surface area contributed by atoms with Crippen LogP contribution in [-0.2, 0) is 0 Å². The van der Waals surface area contributed by atoms with Crippen molar-refractivity contribution < 1.29 is 0 Å². The van der Waals surface area contributed by atoms with E-state index in [0.717, 1.165) is 5.65 Å². The molecule has 4 aromatic rings. The first kappa shape index (κ1) is 7.23. The van der Waals surface area contributed by atoms with Crippen LogP contribution in [0.2, 0.25) is 0 Å². The Morgan fingerprint density at radius 1 is 0.933 bits per heavy atom. The molecule has 2 nitrogen and oxygen atoms in total. The van der Waals surface area contributed by atoms with Crippen molar-refractivity contribution in [1.82, 2.24) is 9.38 Å². The van der Waals surface area contributed by atoms with E-state index >= 15 is 0 Å². The topological polar surface area (TPSA) is 17.3 Å². The summed E-state index contributed by atoms with van der Waals surface area (Å²) in [4.78, 5) is 4.43. The Balaban J connectivity index is 2.53. The van der Waals surface area contributed by atoms with Crippen molar-refractivity contribution in [3.8, 4) is 0 Å². The molecule has 3 heterocycles. The van der Waals surface area contributed by atoms with Crippen molar-refractivity contribution in [2.75, 3.05) is 0 Å². The molecular weight excluding hydrogens is 184 g/mol. The lowest BCUT2D eigenvalue weighted by molar-refractivity contribution is 1.23. The zero-order chi connectivity index (χ0) is 9.83. The highest BCUT2D eigenvalue weighted by Crippen LogP contribution is 2.30. The maximum absolute atomic E-state index is 4.43. The van der Waals surface area contributed by atoms with Crippen LogP contribution in [0, 0.1) is 0 Å². The third-order valence-electron chi connectivity index (χ3n) is 3.02. The highest BCUT2D eigenvalue weighted by molar-refractivity contribution is 6.13. The third kappa shape index (κ3) is 0.734. The molecule has 0 saturated heterocycles. The van der Waals surface area contributed by atoms with Gasteiger partial charge >= 0.3 is 0 Å². The maximum Gasteiger partial charge on any atom is 0.145 e. The molecule has 3 aromatic heterocycles. The molecule has 2 heteroatoms. The number of nitrogens with zero attached hydrogens (tertiary/aromatic N) is 2. The van der Waals surface area contributed by atoms with Crippen molar-refractivity contribution in [3.05, 3.63) is 48.8 Å². The minimum Gasteiger partial charge on any atom is -0.300 e. The molecule has 4 rings (SSSR count). The van der Waals surface area contributed by atoms with E-state index in [1.165, 1.54) is 21.7 Å². The molecule has 15 heavy (non-hydrogen) atoms. The molecule has 0 bridgehead atoms. The van der Waals surface area contributed by atoms with Crippen LogP contribution in [0.25, 0.3) is 27.3 Å². The summed E-state index contributed by atoms with van der Waals surface area (Å²) in [5.74, 6) is 0. The normalized spacial score (nSPS) is 12.0. The maximum atomic E-state index is 4.43. The Morgan fingerprint density at radius 2 is 1.87 bits per heavy atom. The summed E-state index contributed by atoms with van der Waals surface area (Å²) >= 11 is 0. The highest BCUT2D eigenvalue weighted by atomic mass is 15.0. The Kier molecular flexibility index (Phi) is 1.10. The molecule has 0 saturated carbocycles. The lowest BCUT2D eigenvalue weighted by Crippen LogP contribution is -1.79. The van der Waals surface area contributed by atoms with Crippen LogP contribution in [0.3, 0.4) is 0 Å². The highest BCUT2D eigenvalue weighted by Gasteiger charge is 2.10. The van der Waals surface area contributed by atoms with Gasteiger partial charge in [-0.15, -0.1) is 0 Å². The number of para-hydroxylation sites is 1. The van der Waals surface area contributed by atoms with Crippen molar-refractivity contribution in [2.45, 2.75) is 0 Å². The predicted octanol–water partition coefficient (Wildman–Crippen LogP) is 3.08. The molecule has 0 radical (unpaired) electrons. The fourth-order valence-electron chi connectivity index (χ4n) is 2.39. The summed E-state index contributed by atoms with van der Waals surface area (Å²) in [6.07, 6.45) is 3.93. The average Bonchev–Trinajstić information content (AvgIpc) is 2.85. The average molecular weight is 192 g/mol. The molecule has 0 spiro atoms. The lowest BCUT2D eigenvalue weighted by atomic mass is 10.1. The van der Waals surface area contributed by atoms with Crippen LogP contribution in [0.15, 0.2) is 48.8 Å². The zero-order valence-corrected chi connectivity index (χ0v) is 8.01.